The second kappa shape index (κ2) is 25.4. The monoisotopic (exact) mass is 1290 g/mol. The van der Waals surface area contributed by atoms with Crippen LogP contribution in [-0.2, 0) is 39.5 Å². The molecule has 4 aromatic rings. The summed E-state index contributed by atoms with van der Waals surface area (Å²) in [6, 6.07) is 19.1. The highest BCUT2D eigenvalue weighted by Gasteiger charge is 2.74. The third-order valence-electron chi connectivity index (χ3n) is 21.0. The van der Waals surface area contributed by atoms with Crippen molar-refractivity contribution in [2.24, 2.45) is 33.8 Å². The molecule has 2 amide bonds. The molecule has 0 aromatic heterocycles. The largest absolute Gasteiger partial charge is 0.480 e. The van der Waals surface area contributed by atoms with Crippen LogP contribution in [0.15, 0.2) is 72.8 Å². The summed E-state index contributed by atoms with van der Waals surface area (Å²) in [6.45, 7) is 13.3. The number of benzene rings is 4. The average Bonchev–Trinajstić information content (AvgIpc) is 1.52. The van der Waals surface area contributed by atoms with Gasteiger partial charge in [-0.1, -0.05) is 110 Å². The average molecular weight is 1290 g/mol. The Hall–Kier alpha value is -3.97. The molecular formula is C66H81Cl5F2N4O9. The van der Waals surface area contributed by atoms with Gasteiger partial charge < -0.3 is 41.2 Å². The van der Waals surface area contributed by atoms with Crippen molar-refractivity contribution in [3.63, 3.8) is 0 Å². The molecule has 468 valence electrons. The summed E-state index contributed by atoms with van der Waals surface area (Å²) in [4.78, 5) is 55.6. The summed E-state index contributed by atoms with van der Waals surface area (Å²) in [5.74, 6) is -5.14. The number of carbonyl (C=O) groups excluding carboxylic acids is 3. The molecule has 12 rings (SSSR count). The number of Topliss-reactive ketones (excluding diaryl/α,β-unsaturated/α-hetero) is 1. The van der Waals surface area contributed by atoms with Crippen molar-refractivity contribution in [3.05, 3.63) is 127 Å². The molecule has 4 spiro atoms. The van der Waals surface area contributed by atoms with Gasteiger partial charge in [0.1, 0.15) is 28.9 Å². The maximum absolute atomic E-state index is 16.1. The topological polar surface area (TPSA) is 210 Å². The van der Waals surface area contributed by atoms with Crippen LogP contribution in [0.25, 0.3) is 0 Å². The molecule has 20 heteroatoms. The van der Waals surface area contributed by atoms with Gasteiger partial charge in [0.25, 0.3) is 0 Å². The van der Waals surface area contributed by atoms with E-state index in [1.807, 2.05) is 6.07 Å². The lowest BCUT2D eigenvalue weighted by Gasteiger charge is -2.51. The molecule has 0 radical (unpaired) electrons. The van der Waals surface area contributed by atoms with Crippen LogP contribution in [0.4, 0.5) is 20.2 Å². The van der Waals surface area contributed by atoms with Crippen molar-refractivity contribution < 1.29 is 52.8 Å². The molecular weight excluding hydrogens is 1210 g/mol. The highest BCUT2D eigenvalue weighted by atomic mass is 35.5. The molecule has 8 N–H and O–H groups in total. The van der Waals surface area contributed by atoms with Gasteiger partial charge >= 0.3 is 5.97 Å². The molecule has 8 aliphatic rings. The summed E-state index contributed by atoms with van der Waals surface area (Å²) in [7, 11) is 0. The van der Waals surface area contributed by atoms with Gasteiger partial charge in [-0.15, -0.1) is 12.4 Å². The molecule has 3 aliphatic carbocycles. The number of carbonyl (C=O) groups is 4. The zero-order valence-electron chi connectivity index (χ0n) is 49.6. The first-order valence-corrected chi connectivity index (χ1v) is 31.6. The van der Waals surface area contributed by atoms with Gasteiger partial charge in [-0.3, -0.25) is 24.5 Å². The zero-order chi connectivity index (χ0) is 61.3. The predicted molar refractivity (Wildman–Crippen MR) is 334 cm³/mol. The molecule has 13 nitrogen and oxygen atoms in total. The fourth-order valence-electron chi connectivity index (χ4n) is 16.4. The number of fused-ring (bicyclic) bond motifs is 6. The number of rotatable bonds is 8. The Labute approximate surface area is 529 Å². The van der Waals surface area contributed by atoms with E-state index in [0.29, 0.717) is 77.9 Å². The minimum absolute atomic E-state index is 0. The number of aliphatic hydroxyl groups is 2. The summed E-state index contributed by atoms with van der Waals surface area (Å²) in [6.07, 6.45) is 9.11. The quantitative estimate of drug-likeness (QED) is 0.0882. The van der Waals surface area contributed by atoms with Crippen LogP contribution in [0.5, 0.6) is 0 Å². The molecule has 0 bridgehead atoms. The van der Waals surface area contributed by atoms with E-state index in [4.69, 9.17) is 66.7 Å². The number of nitrogens with one attached hydrogen (secondary N) is 3. The summed E-state index contributed by atoms with van der Waals surface area (Å²) in [5.41, 5.74) is 4.97. The second-order valence-corrected chi connectivity index (χ2v) is 29.0. The Bertz CT molecular complexity index is 3200. The number of hydrogen-bond donors (Lipinski definition) is 7. The number of aliphatic carboxylic acids is 1. The molecule has 12 atom stereocenters. The Morgan fingerprint density at radius 1 is 0.663 bits per heavy atom. The van der Waals surface area contributed by atoms with E-state index in [0.717, 1.165) is 63.4 Å². The number of ketones is 1. The van der Waals surface area contributed by atoms with Crippen LogP contribution in [0, 0.1) is 39.7 Å². The van der Waals surface area contributed by atoms with Crippen molar-refractivity contribution in [1.82, 2.24) is 5.32 Å². The Morgan fingerprint density at radius 2 is 1.14 bits per heavy atom. The Balaban J connectivity index is 0.000000178. The van der Waals surface area contributed by atoms with E-state index in [-0.39, 0.29) is 86.7 Å². The van der Waals surface area contributed by atoms with Gasteiger partial charge in [-0.25, -0.2) is 8.78 Å². The smallest absolute Gasteiger partial charge is 0.321 e. The number of carboxylic acid groups (broad SMARTS) is 1. The van der Waals surface area contributed by atoms with Crippen LogP contribution >= 0.6 is 58.8 Å². The van der Waals surface area contributed by atoms with E-state index in [1.165, 1.54) is 18.2 Å². The van der Waals surface area contributed by atoms with Gasteiger partial charge in [-0.2, -0.15) is 0 Å². The highest BCUT2D eigenvalue weighted by Crippen LogP contribution is 2.73. The lowest BCUT2D eigenvalue weighted by atomic mass is 9.51. The maximum Gasteiger partial charge on any atom is 0.321 e. The van der Waals surface area contributed by atoms with Crippen LogP contribution < -0.4 is 21.7 Å². The Morgan fingerprint density at radius 3 is 1.62 bits per heavy atom. The second-order valence-electron chi connectivity index (χ2n) is 27.3. The van der Waals surface area contributed by atoms with Crippen molar-refractivity contribution in [2.75, 3.05) is 23.8 Å². The number of hydrogen-bond acceptors (Lipinski definition) is 10. The minimum atomic E-state index is -1.34. The van der Waals surface area contributed by atoms with Gasteiger partial charge in [0, 0.05) is 57.2 Å². The molecule has 6 fully saturated rings. The molecule has 3 saturated heterocycles. The molecule has 86 heavy (non-hydrogen) atoms. The van der Waals surface area contributed by atoms with Gasteiger partial charge in [0.15, 0.2) is 0 Å². The van der Waals surface area contributed by atoms with Crippen molar-refractivity contribution in [1.29, 1.82) is 0 Å². The SMILES string of the molecule is CC1(C)CCC2(CC1)N[C@@H](C(=O)O)[C@H](c1cccc(Cl)c1F)C21C(=O)Nc2cc(Cl)ccc21.C[C@@H](O)[C@@H]1CC[C@@H](CC(=O)[C@@H]2CC3(CCC(C)(C)CC3)[C@@]3(C(=O)Nc4cc(Cl)ccc43)[C@H]2c2cccc(Cl)c2F)CO1.C[C@@H](O)[C@@H]1CC[C@@H](N)CO1.Cl. The minimum Gasteiger partial charge on any atom is -0.480 e. The van der Waals surface area contributed by atoms with Crippen molar-refractivity contribution in [3.8, 4) is 0 Å². The summed E-state index contributed by atoms with van der Waals surface area (Å²) >= 11 is 25.1. The number of halogens is 7. The van der Waals surface area contributed by atoms with E-state index >= 15 is 8.78 Å². The highest BCUT2D eigenvalue weighted by molar-refractivity contribution is 6.32. The summed E-state index contributed by atoms with van der Waals surface area (Å²) in [5, 5.41) is 39.6. The summed E-state index contributed by atoms with van der Waals surface area (Å²) < 4.78 is 42.8. The molecule has 4 aromatic carbocycles. The fourth-order valence-corrected chi connectivity index (χ4v) is 17.1. The van der Waals surface area contributed by atoms with Crippen LogP contribution in [-0.4, -0.2) is 94.1 Å². The number of ether oxygens (including phenoxy) is 2. The fraction of sp³-hybridized carbons (Fsp3) is 0.576. The predicted octanol–water partition coefficient (Wildman–Crippen LogP) is 13.6. The lowest BCUT2D eigenvalue weighted by Crippen LogP contribution is -2.61. The van der Waals surface area contributed by atoms with E-state index in [1.54, 1.807) is 62.4 Å². The van der Waals surface area contributed by atoms with E-state index in [9.17, 15) is 29.4 Å². The third kappa shape index (κ3) is 11.8. The molecule has 5 heterocycles. The first kappa shape index (κ1) is 66.4. The van der Waals surface area contributed by atoms with Gasteiger partial charge in [-0.05, 0) is 178 Å². The number of anilines is 2. The van der Waals surface area contributed by atoms with Crippen molar-refractivity contribution in [2.45, 2.75) is 196 Å². The molecule has 3 saturated carbocycles. The number of amides is 2. The number of carboxylic acids is 1. The maximum atomic E-state index is 16.1. The standard InChI is InChI=1S/C34H40Cl2FNO4.C25H25Cl2FN2O3.C7H15NO2.ClH/c1-19(39)28-10-7-20(18-42-28)15-27(40)23-17-33(13-11-32(2,3)12-14-33)34(29(23)22-5-4-6-25(36)30(22)37)24-9-8-21(35)16-26(24)38-31(34)41;1-23(2)8-10-24(11-9-23)25(15-7-6-13(26)12-17(15)29-22(25)33)18(20(30-24)21(31)32)14-4-3-5-16(27)19(14)28;1-5(9)7-3-2-6(8)4-10-7;/h4-6,8-9,16,19-20,23,28-29,39H,7,10-15,17-18H2,1-3H3,(H,38,41);3-7,12,18,20,30H,8-11H2,1-2H3,(H,29,33)(H,31,32);5-7,9H,2-4,8H2,1H3;1H/t19-,20+,23+,28+,29+,34-;18-,20+,25?;5-,6-,7+;/m101./s1. The number of nitrogens with two attached hydrogens (primary N) is 1. The van der Waals surface area contributed by atoms with Gasteiger partial charge in [0.2, 0.25) is 11.8 Å². The van der Waals surface area contributed by atoms with Crippen LogP contribution in [0.3, 0.4) is 0 Å². The van der Waals surface area contributed by atoms with E-state index in [2.05, 4.69) is 43.6 Å². The van der Waals surface area contributed by atoms with Gasteiger partial charge in [0.05, 0.1) is 53.1 Å². The van der Waals surface area contributed by atoms with Crippen molar-refractivity contribution >= 4 is 93.8 Å². The van der Waals surface area contributed by atoms with E-state index < -0.39 is 69.3 Å². The molecule has 5 aliphatic heterocycles. The van der Waals surface area contributed by atoms with Crippen LogP contribution in [0.2, 0.25) is 20.1 Å². The normalized spacial score (nSPS) is 31.3. The third-order valence-corrected chi connectivity index (χ3v) is 22.0. The first-order chi connectivity index (χ1) is 40.1. The molecule has 1 unspecified atom stereocenters. The zero-order valence-corrected chi connectivity index (χ0v) is 53.4. The lowest BCUT2D eigenvalue weighted by molar-refractivity contribution is -0.139. The number of aliphatic hydroxyl groups excluding tert-OH is 2. The van der Waals surface area contributed by atoms with Crippen LogP contribution in [0.1, 0.15) is 166 Å². The first-order valence-electron chi connectivity index (χ1n) is 30.1. The Kier molecular flexibility index (Phi) is 19.6.